The van der Waals surface area contributed by atoms with Gasteiger partial charge in [-0.3, -0.25) is 4.68 Å². The van der Waals surface area contributed by atoms with Crippen LogP contribution in [0.15, 0.2) is 71.6 Å². The van der Waals surface area contributed by atoms with Gasteiger partial charge < -0.3 is 23.9 Å². The number of sulfonamides is 1. The molecule has 2 heterocycles. The normalized spacial score (nSPS) is 12.1. The Labute approximate surface area is 340 Å². The zero-order chi connectivity index (χ0) is 41.9. The molecule has 0 fully saturated rings. The third kappa shape index (κ3) is 9.39. The second kappa shape index (κ2) is 17.6. The lowest BCUT2D eigenvalue weighted by molar-refractivity contribution is -0.106. The lowest BCUT2D eigenvalue weighted by Gasteiger charge is -2.14. The van der Waals surface area contributed by atoms with Crippen LogP contribution in [0, 0.1) is 12.7 Å². The molecule has 0 bridgehead atoms. The van der Waals surface area contributed by atoms with Crippen LogP contribution in [0.1, 0.15) is 39.4 Å². The van der Waals surface area contributed by atoms with E-state index in [9.17, 15) is 35.9 Å². The van der Waals surface area contributed by atoms with Crippen molar-refractivity contribution in [2.45, 2.75) is 49.9 Å². The van der Waals surface area contributed by atoms with Gasteiger partial charge in [0, 0.05) is 74.5 Å². The van der Waals surface area contributed by atoms with E-state index in [0.717, 1.165) is 23.3 Å². The SMILES string of the molecule is COC(=O)c1c(CNS(=O)(=O)CC(F)(F)F)c2c(-c3c(CO)nn(C)c3C)c(Cl)ccc2n1CCCOc1cc(SCc2ccc(OC)cc2)cc2cc(F)ccc12. The van der Waals surface area contributed by atoms with Gasteiger partial charge in [-0.1, -0.05) is 23.7 Å². The summed E-state index contributed by atoms with van der Waals surface area (Å²) in [4.78, 5) is 14.4. The number of nitrogens with one attached hydrogen (secondary N) is 1. The van der Waals surface area contributed by atoms with Crippen LogP contribution in [0.3, 0.4) is 0 Å². The second-order valence-corrected chi connectivity index (χ2v) is 16.6. The molecule has 0 saturated heterocycles. The molecule has 58 heavy (non-hydrogen) atoms. The Hall–Kier alpha value is -4.81. The van der Waals surface area contributed by atoms with Crippen LogP contribution < -0.4 is 14.2 Å². The largest absolute Gasteiger partial charge is 0.497 e. The molecule has 2 aromatic heterocycles. The summed E-state index contributed by atoms with van der Waals surface area (Å²) >= 11 is 8.37. The van der Waals surface area contributed by atoms with Crippen molar-refractivity contribution in [1.29, 1.82) is 0 Å². The average molecular weight is 863 g/mol. The van der Waals surface area contributed by atoms with E-state index < -0.39 is 46.9 Å². The molecular formula is C40H39ClF4N4O7S2. The number of carbonyl (C=O) groups is 1. The number of esters is 1. The van der Waals surface area contributed by atoms with Crippen LogP contribution in [-0.2, 0) is 47.3 Å². The van der Waals surface area contributed by atoms with Crippen molar-refractivity contribution in [3.63, 3.8) is 0 Å². The van der Waals surface area contributed by atoms with Gasteiger partial charge in [-0.15, -0.1) is 11.8 Å². The van der Waals surface area contributed by atoms with E-state index >= 15 is 0 Å². The first-order chi connectivity index (χ1) is 27.5. The number of benzene rings is 4. The fraction of sp³-hybridized carbons (Fsp3) is 0.300. The summed E-state index contributed by atoms with van der Waals surface area (Å²) in [5.74, 6) is -1.57. The zero-order valence-corrected chi connectivity index (χ0v) is 34.1. The lowest BCUT2D eigenvalue weighted by atomic mass is 9.96. The first-order valence-electron chi connectivity index (χ1n) is 17.8. The molecule has 0 atom stereocenters. The Bertz CT molecular complexity index is 2600. The van der Waals surface area contributed by atoms with E-state index in [1.54, 1.807) is 55.6 Å². The topological polar surface area (TPSA) is 134 Å². The molecule has 6 aromatic rings. The number of alkyl halides is 3. The van der Waals surface area contributed by atoms with Gasteiger partial charge in [0.05, 0.1) is 33.1 Å². The fourth-order valence-electron chi connectivity index (χ4n) is 6.81. The summed E-state index contributed by atoms with van der Waals surface area (Å²) in [5, 5.41) is 16.3. The molecule has 2 N–H and O–H groups in total. The molecular weight excluding hydrogens is 824 g/mol. The number of hydrogen-bond acceptors (Lipinski definition) is 9. The van der Waals surface area contributed by atoms with Crippen LogP contribution >= 0.6 is 23.4 Å². The van der Waals surface area contributed by atoms with Gasteiger partial charge in [0.15, 0.2) is 5.75 Å². The van der Waals surface area contributed by atoms with Crippen LogP contribution in [0.4, 0.5) is 17.6 Å². The Morgan fingerprint density at radius 1 is 1.03 bits per heavy atom. The summed E-state index contributed by atoms with van der Waals surface area (Å²) in [6.45, 7) is 0.691. The molecule has 0 spiro atoms. The highest BCUT2D eigenvalue weighted by Gasteiger charge is 2.36. The zero-order valence-electron chi connectivity index (χ0n) is 31.7. The van der Waals surface area contributed by atoms with Crippen molar-refractivity contribution in [3.8, 4) is 22.6 Å². The molecule has 0 radical (unpaired) electrons. The maximum absolute atomic E-state index is 14.4. The molecule has 4 aromatic carbocycles. The Morgan fingerprint density at radius 3 is 2.45 bits per heavy atom. The number of nitrogens with zero attached hydrogens (tertiary/aromatic N) is 3. The van der Waals surface area contributed by atoms with Gasteiger partial charge >= 0.3 is 12.1 Å². The van der Waals surface area contributed by atoms with E-state index in [1.807, 2.05) is 41.1 Å². The predicted molar refractivity (Wildman–Crippen MR) is 214 cm³/mol. The van der Waals surface area contributed by atoms with Gasteiger partial charge in [0.25, 0.3) is 0 Å². The van der Waals surface area contributed by atoms with Gasteiger partial charge in [0.1, 0.15) is 23.0 Å². The number of carbonyl (C=O) groups excluding carboxylic acids is 1. The quantitative estimate of drug-likeness (QED) is 0.0427. The third-order valence-electron chi connectivity index (χ3n) is 9.49. The van der Waals surface area contributed by atoms with Crippen LogP contribution in [0.2, 0.25) is 5.02 Å². The van der Waals surface area contributed by atoms with Crippen molar-refractivity contribution in [2.24, 2.45) is 7.05 Å². The number of methoxy groups -OCH3 is 2. The van der Waals surface area contributed by atoms with Crippen LogP contribution in [-0.4, -0.2) is 66.6 Å². The highest BCUT2D eigenvalue weighted by atomic mass is 35.5. The monoisotopic (exact) mass is 862 g/mol. The van der Waals surface area contributed by atoms with E-state index in [4.69, 9.17) is 25.8 Å². The number of hydrogen-bond donors (Lipinski definition) is 2. The van der Waals surface area contributed by atoms with E-state index in [1.165, 1.54) is 16.8 Å². The number of fused-ring (bicyclic) bond motifs is 2. The standard InChI is InChI=1S/C40H39ClF4N4O7S2/c1-23-35(32(20-50)47-48(23)2)37-31(41)12-13-33-36(37)30(19-46-58(52,53)22-40(43,44)45)38(39(51)55-4)49(33)14-5-15-56-34-18-28(17-25-16-26(42)8-11-29(25)34)57-21-24-6-9-27(54-3)10-7-24/h6-13,16-18,46,50H,5,14-15,19-22H2,1-4H3. The molecule has 0 saturated carbocycles. The average Bonchev–Trinajstić information content (AvgIpc) is 3.65. The Kier molecular flexibility index (Phi) is 13.0. The lowest BCUT2D eigenvalue weighted by Crippen LogP contribution is -2.33. The van der Waals surface area contributed by atoms with Crippen LogP contribution in [0.5, 0.6) is 11.5 Å². The molecule has 0 aliphatic carbocycles. The predicted octanol–water partition coefficient (Wildman–Crippen LogP) is 8.33. The maximum atomic E-state index is 14.4. The van der Waals surface area contributed by atoms with Gasteiger partial charge in [0.2, 0.25) is 10.0 Å². The highest BCUT2D eigenvalue weighted by molar-refractivity contribution is 7.98. The van der Waals surface area contributed by atoms with Gasteiger partial charge in [-0.05, 0) is 78.9 Å². The first-order valence-corrected chi connectivity index (χ1v) is 20.8. The van der Waals surface area contributed by atoms with Crippen molar-refractivity contribution in [1.82, 2.24) is 19.1 Å². The van der Waals surface area contributed by atoms with Crippen molar-refractivity contribution >= 4 is 61.0 Å². The summed E-state index contributed by atoms with van der Waals surface area (Å²) in [7, 11) is -0.552. The second-order valence-electron chi connectivity index (χ2n) is 13.3. The van der Waals surface area contributed by atoms with Gasteiger partial charge in [-0.2, -0.15) is 18.3 Å². The number of rotatable bonds is 16. The molecule has 18 heteroatoms. The van der Waals surface area contributed by atoms with Crippen LogP contribution in [0.25, 0.3) is 32.8 Å². The van der Waals surface area contributed by atoms with Crippen molar-refractivity contribution in [3.05, 3.63) is 106 Å². The number of aliphatic hydroxyl groups excluding tert-OH is 1. The van der Waals surface area contributed by atoms with E-state index in [2.05, 4.69) is 5.10 Å². The Morgan fingerprint density at radius 2 is 1.78 bits per heavy atom. The molecule has 0 aliphatic heterocycles. The summed E-state index contributed by atoms with van der Waals surface area (Å²) in [6.07, 6.45) is -4.76. The minimum atomic E-state index is -5.03. The molecule has 0 amide bonds. The van der Waals surface area contributed by atoms with Gasteiger partial charge in [-0.25, -0.2) is 22.3 Å². The van der Waals surface area contributed by atoms with E-state index in [0.29, 0.717) is 44.6 Å². The van der Waals surface area contributed by atoms with Crippen molar-refractivity contribution in [2.75, 3.05) is 26.6 Å². The summed E-state index contributed by atoms with van der Waals surface area (Å²) in [5.41, 5.74) is 2.82. The molecule has 0 unspecified atom stereocenters. The first kappa shape index (κ1) is 42.8. The molecule has 11 nitrogen and oxygen atoms in total. The molecule has 0 aliphatic rings. The number of aromatic nitrogens is 3. The molecule has 6 rings (SSSR count). The number of ether oxygens (including phenoxy) is 3. The fourth-order valence-corrected chi connectivity index (χ4v) is 8.89. The maximum Gasteiger partial charge on any atom is 0.404 e. The minimum Gasteiger partial charge on any atom is -0.497 e. The summed E-state index contributed by atoms with van der Waals surface area (Å²) in [6, 6.07) is 19.0. The number of thioether (sulfide) groups is 1. The molecule has 308 valence electrons. The smallest absolute Gasteiger partial charge is 0.404 e. The minimum absolute atomic E-state index is 0.00719. The van der Waals surface area contributed by atoms with E-state index in [-0.39, 0.29) is 46.9 Å². The highest BCUT2D eigenvalue weighted by Crippen LogP contribution is 2.43. The van der Waals surface area contributed by atoms with Crippen molar-refractivity contribution < 1.29 is 50.1 Å². The summed E-state index contributed by atoms with van der Waals surface area (Å²) < 4.78 is 101. The third-order valence-corrected chi connectivity index (χ3v) is 12.1. The number of aryl methyl sites for hydroxylation is 2. The number of halogens is 5. The Balaban J connectivity index is 1.37. The number of aliphatic hydroxyl groups is 1.